The Kier molecular flexibility index (Phi) is 13.5. The molecule has 12 rings (SSSR count). The Morgan fingerprint density at radius 2 is 0.944 bits per heavy atom. The maximum absolute atomic E-state index is 12.5. The van der Waals surface area contributed by atoms with Crippen LogP contribution in [0.3, 0.4) is 0 Å². The van der Waals surface area contributed by atoms with Crippen molar-refractivity contribution in [2.75, 3.05) is 69.5 Å². The summed E-state index contributed by atoms with van der Waals surface area (Å²) in [4.78, 5) is 29.1. The third-order valence-corrected chi connectivity index (χ3v) is 14.8. The van der Waals surface area contributed by atoms with Gasteiger partial charge in [0, 0.05) is 74.1 Å². The summed E-state index contributed by atoms with van der Waals surface area (Å²) in [5.41, 5.74) is 15.2. The van der Waals surface area contributed by atoms with Crippen LogP contribution in [0, 0.1) is 0 Å². The van der Waals surface area contributed by atoms with E-state index in [2.05, 4.69) is 147 Å². The van der Waals surface area contributed by atoms with Gasteiger partial charge in [0.25, 0.3) is 0 Å². The minimum Gasteiger partial charge on any atom is -0.478 e. The molecule has 2 aliphatic heterocycles. The zero-order valence-electron chi connectivity index (χ0n) is 40.6. The van der Waals surface area contributed by atoms with E-state index in [1.165, 1.54) is 88.2 Å². The van der Waals surface area contributed by atoms with Gasteiger partial charge in [0.2, 0.25) is 0 Å². The van der Waals surface area contributed by atoms with Crippen LogP contribution in [-0.4, -0.2) is 85.9 Å². The molecular weight excluding hydrogens is 885 g/mol. The van der Waals surface area contributed by atoms with Crippen molar-refractivity contribution >= 4 is 45.1 Å². The van der Waals surface area contributed by atoms with Crippen LogP contribution >= 0.6 is 0 Å². The number of rotatable bonds is 14. The molecule has 71 heavy (non-hydrogen) atoms. The van der Waals surface area contributed by atoms with Crippen molar-refractivity contribution in [2.24, 2.45) is 0 Å². The van der Waals surface area contributed by atoms with Gasteiger partial charge in [-0.3, -0.25) is 0 Å². The maximum atomic E-state index is 12.5. The molecule has 4 aliphatic rings. The van der Waals surface area contributed by atoms with Gasteiger partial charge in [-0.15, -0.1) is 0 Å². The first kappa shape index (κ1) is 46.3. The van der Waals surface area contributed by atoms with Gasteiger partial charge in [0.15, 0.2) is 0 Å². The quantitative estimate of drug-likeness (QED) is 0.108. The molecule has 2 saturated heterocycles. The maximum Gasteiger partial charge on any atom is 0.338 e. The number of carboxylic acids is 1. The standard InChI is InChI=1S/C31H32N2O3.C30H30N2O3/c1-35-31(34)29-20-25(24-5-6-24)7-8-26(29)18-23-4-11-30-27(19-23)12-13-33(30)21-22-2-9-28(10-3-22)32-14-16-36-17-15-32;33-30(34)28-19-24(23-4-5-23)6-7-25(28)17-22-3-10-29-26(18-22)11-12-32(29)20-21-1-8-27(9-2-21)31-13-15-35-16-14-31/h2-4,7-13,19-20,24H,5-6,14-18,21H2,1H3;1-3,6-12,18-19,23H,4-5,13-17,20H2,(H,33,34). The molecule has 0 unspecified atom stereocenters. The number of benzene rings is 6. The molecule has 0 amide bonds. The summed E-state index contributed by atoms with van der Waals surface area (Å²) in [5.74, 6) is 0.0664. The molecule has 10 heteroatoms. The van der Waals surface area contributed by atoms with Gasteiger partial charge in [-0.1, -0.05) is 60.7 Å². The number of hydrogen-bond donors (Lipinski definition) is 1. The van der Waals surface area contributed by atoms with Gasteiger partial charge in [-0.2, -0.15) is 0 Å². The highest BCUT2D eigenvalue weighted by Crippen LogP contribution is 2.42. The summed E-state index contributed by atoms with van der Waals surface area (Å²) in [5, 5.41) is 12.2. The number of aromatic nitrogens is 2. The van der Waals surface area contributed by atoms with E-state index < -0.39 is 5.97 Å². The Morgan fingerprint density at radius 3 is 1.37 bits per heavy atom. The van der Waals surface area contributed by atoms with Crippen LogP contribution in [-0.2, 0) is 40.1 Å². The predicted octanol–water partition coefficient (Wildman–Crippen LogP) is 11.5. The van der Waals surface area contributed by atoms with Crippen molar-refractivity contribution in [3.05, 3.63) is 201 Å². The van der Waals surface area contributed by atoms with Gasteiger partial charge in [0.1, 0.15) is 0 Å². The number of ether oxygens (including phenoxy) is 3. The third-order valence-electron chi connectivity index (χ3n) is 14.8. The second kappa shape index (κ2) is 20.7. The SMILES string of the molecule is COC(=O)c1cc(C2CC2)ccc1Cc1ccc2c(ccn2Cc2ccc(N3CCOCC3)cc2)c1.O=C(O)c1cc(C2CC2)ccc1Cc1ccc2c(ccn2Cc2ccc(N3CCOCC3)cc2)c1. The first-order chi connectivity index (χ1) is 34.8. The van der Waals surface area contributed by atoms with Crippen molar-refractivity contribution in [2.45, 2.75) is 63.5 Å². The number of carbonyl (C=O) groups is 2. The van der Waals surface area contributed by atoms with Crippen LogP contribution in [0.5, 0.6) is 0 Å². The molecule has 6 aromatic carbocycles. The third kappa shape index (κ3) is 10.8. The van der Waals surface area contributed by atoms with Crippen molar-refractivity contribution in [3.8, 4) is 0 Å². The summed E-state index contributed by atoms with van der Waals surface area (Å²) in [6.07, 6.45) is 10.4. The fourth-order valence-corrected chi connectivity index (χ4v) is 10.4. The van der Waals surface area contributed by atoms with E-state index >= 15 is 0 Å². The summed E-state index contributed by atoms with van der Waals surface area (Å²) in [6.45, 7) is 8.64. The molecule has 0 radical (unpaired) electrons. The molecule has 0 bridgehead atoms. The van der Waals surface area contributed by atoms with Crippen LogP contribution in [0.4, 0.5) is 11.4 Å². The Morgan fingerprint density at radius 1 is 0.521 bits per heavy atom. The highest BCUT2D eigenvalue weighted by Gasteiger charge is 2.27. The van der Waals surface area contributed by atoms with Crippen molar-refractivity contribution in [1.82, 2.24) is 9.13 Å². The van der Waals surface area contributed by atoms with E-state index in [9.17, 15) is 14.7 Å². The molecule has 362 valence electrons. The Labute approximate surface area is 416 Å². The number of nitrogens with zero attached hydrogens (tertiary/aromatic N) is 4. The van der Waals surface area contributed by atoms with Crippen LogP contribution in [0.1, 0.15) is 103 Å². The lowest BCUT2D eigenvalue weighted by Gasteiger charge is -2.28. The summed E-state index contributed by atoms with van der Waals surface area (Å²) >= 11 is 0. The lowest BCUT2D eigenvalue weighted by Crippen LogP contribution is -2.36. The second-order valence-corrected chi connectivity index (χ2v) is 19.7. The normalized spacial score (nSPS) is 16.0. The van der Waals surface area contributed by atoms with E-state index in [0.717, 1.165) is 87.9 Å². The highest BCUT2D eigenvalue weighted by atomic mass is 16.5. The average Bonchev–Trinajstić information content (AvgIpc) is 4.37. The van der Waals surface area contributed by atoms with E-state index in [1.54, 1.807) is 0 Å². The van der Waals surface area contributed by atoms with Crippen LogP contribution in [0.15, 0.2) is 146 Å². The van der Waals surface area contributed by atoms with Gasteiger partial charge >= 0.3 is 11.9 Å². The minimum absolute atomic E-state index is 0.251. The smallest absolute Gasteiger partial charge is 0.338 e. The number of fused-ring (bicyclic) bond motifs is 2. The number of carbonyl (C=O) groups excluding carboxylic acids is 1. The van der Waals surface area contributed by atoms with Gasteiger partial charge in [0.05, 0.1) is 44.7 Å². The number of anilines is 2. The summed E-state index contributed by atoms with van der Waals surface area (Å²) in [6, 6.07) is 47.5. The molecule has 10 nitrogen and oxygen atoms in total. The molecule has 2 saturated carbocycles. The van der Waals surface area contributed by atoms with Gasteiger partial charge in [-0.05, 0) is 178 Å². The van der Waals surface area contributed by atoms with Crippen LogP contribution in [0.25, 0.3) is 21.8 Å². The Bertz CT molecular complexity index is 3170. The number of aromatic carboxylic acids is 1. The molecule has 4 heterocycles. The molecule has 2 aromatic heterocycles. The van der Waals surface area contributed by atoms with Crippen molar-refractivity contribution < 1.29 is 28.9 Å². The fourth-order valence-electron chi connectivity index (χ4n) is 10.4. The molecule has 1 N–H and O–H groups in total. The van der Waals surface area contributed by atoms with E-state index in [-0.39, 0.29) is 5.97 Å². The Hall–Kier alpha value is -7.14. The van der Waals surface area contributed by atoms with Gasteiger partial charge in [-0.25, -0.2) is 9.59 Å². The largest absolute Gasteiger partial charge is 0.478 e. The minimum atomic E-state index is -0.839. The topological polar surface area (TPSA) is 98.4 Å². The van der Waals surface area contributed by atoms with Crippen LogP contribution in [0.2, 0.25) is 0 Å². The molecular formula is C61H62N4O6. The molecule has 4 fully saturated rings. The Balaban J connectivity index is 0.000000154. The van der Waals surface area contributed by atoms with Crippen molar-refractivity contribution in [3.63, 3.8) is 0 Å². The lowest BCUT2D eigenvalue weighted by molar-refractivity contribution is 0.0598. The molecule has 2 aliphatic carbocycles. The van der Waals surface area contributed by atoms with E-state index in [4.69, 9.17) is 14.2 Å². The number of esters is 1. The van der Waals surface area contributed by atoms with Gasteiger partial charge < -0.3 is 38.3 Å². The van der Waals surface area contributed by atoms with E-state index in [1.807, 2.05) is 18.2 Å². The van der Waals surface area contributed by atoms with Crippen LogP contribution < -0.4 is 9.80 Å². The van der Waals surface area contributed by atoms with E-state index in [0.29, 0.717) is 35.8 Å². The van der Waals surface area contributed by atoms with Crippen molar-refractivity contribution in [1.29, 1.82) is 0 Å². The highest BCUT2D eigenvalue weighted by molar-refractivity contribution is 5.92. The molecule has 0 atom stereocenters. The molecule has 0 spiro atoms. The zero-order chi connectivity index (χ0) is 48.3. The lowest BCUT2D eigenvalue weighted by atomic mass is 9.96. The number of carboxylic acid groups (broad SMARTS) is 1. The number of hydrogen-bond acceptors (Lipinski definition) is 7. The number of methoxy groups -OCH3 is 1. The molecule has 8 aromatic rings. The monoisotopic (exact) mass is 946 g/mol. The number of morpholine rings is 2. The predicted molar refractivity (Wildman–Crippen MR) is 282 cm³/mol. The zero-order valence-corrected chi connectivity index (χ0v) is 40.6. The first-order valence-corrected chi connectivity index (χ1v) is 25.4. The fraction of sp³-hybridized carbons (Fsp3) is 0.311. The summed E-state index contributed by atoms with van der Waals surface area (Å²) < 4.78 is 20.6. The average molecular weight is 947 g/mol. The first-order valence-electron chi connectivity index (χ1n) is 25.4. The second-order valence-electron chi connectivity index (χ2n) is 19.7. The summed E-state index contributed by atoms with van der Waals surface area (Å²) in [7, 11) is 1.46.